The number of hydrogen-bond donors (Lipinski definition) is 0. The number of nitro benzene ring substituents is 1. The van der Waals surface area contributed by atoms with Crippen LogP contribution in [0.4, 0.5) is 5.69 Å². The summed E-state index contributed by atoms with van der Waals surface area (Å²) < 4.78 is 0. The van der Waals surface area contributed by atoms with E-state index >= 15 is 0 Å². The zero-order valence-electron chi connectivity index (χ0n) is 8.56. The van der Waals surface area contributed by atoms with Gasteiger partial charge in [-0.1, -0.05) is 53.5 Å². The van der Waals surface area contributed by atoms with Crippen LogP contribution in [0, 0.1) is 10.1 Å². The van der Waals surface area contributed by atoms with Crippen LogP contribution in [0.3, 0.4) is 0 Å². The van der Waals surface area contributed by atoms with Crippen molar-refractivity contribution in [2.45, 2.75) is 0 Å². The van der Waals surface area contributed by atoms with E-state index in [-0.39, 0.29) is 10.7 Å². The lowest BCUT2D eigenvalue weighted by molar-refractivity contribution is -0.384. The van der Waals surface area contributed by atoms with Crippen LogP contribution in [0.2, 0.25) is 10.0 Å². The van der Waals surface area contributed by atoms with Crippen molar-refractivity contribution in [3.8, 4) is 11.1 Å². The maximum Gasteiger partial charge on any atom is 0.278 e. The lowest BCUT2D eigenvalue weighted by Gasteiger charge is -2.05. The molecule has 2 aromatic rings. The first-order chi connectivity index (χ1) is 8.09. The van der Waals surface area contributed by atoms with Gasteiger partial charge in [0.1, 0.15) is 0 Å². The molecule has 0 saturated carbocycles. The lowest BCUT2D eigenvalue weighted by atomic mass is 10.0. The minimum Gasteiger partial charge on any atom is -0.258 e. The topological polar surface area (TPSA) is 43.1 Å². The Morgan fingerprint density at radius 2 is 1.59 bits per heavy atom. The number of nitrogens with zero attached hydrogens (tertiary/aromatic N) is 1. The van der Waals surface area contributed by atoms with Crippen LogP contribution in [-0.2, 0) is 0 Å². The number of hydrogen-bond acceptors (Lipinski definition) is 2. The minimum atomic E-state index is -0.468. The molecule has 0 radical (unpaired) electrons. The Balaban J connectivity index is 2.68. The summed E-state index contributed by atoms with van der Waals surface area (Å²) in [5.74, 6) is 0. The van der Waals surface area contributed by atoms with Gasteiger partial charge in [-0.15, -0.1) is 0 Å². The fraction of sp³-hybridized carbons (Fsp3) is 0. The summed E-state index contributed by atoms with van der Waals surface area (Å²) in [5.41, 5.74) is 1.15. The third-order valence-corrected chi connectivity index (χ3v) is 3.04. The first-order valence-electron chi connectivity index (χ1n) is 4.78. The van der Waals surface area contributed by atoms with E-state index in [1.165, 1.54) is 12.1 Å². The monoisotopic (exact) mass is 267 g/mol. The number of halogens is 2. The van der Waals surface area contributed by atoms with Crippen molar-refractivity contribution in [2.24, 2.45) is 0 Å². The average molecular weight is 268 g/mol. The van der Waals surface area contributed by atoms with Crippen LogP contribution in [0.5, 0.6) is 0 Å². The van der Waals surface area contributed by atoms with Gasteiger partial charge in [0.15, 0.2) is 0 Å². The third kappa shape index (κ3) is 2.40. The molecule has 0 aliphatic carbocycles. The highest BCUT2D eigenvalue weighted by Crippen LogP contribution is 2.36. The lowest BCUT2D eigenvalue weighted by Crippen LogP contribution is -1.92. The van der Waals surface area contributed by atoms with Gasteiger partial charge in [-0.3, -0.25) is 10.1 Å². The SMILES string of the molecule is O=[N+]([O-])c1cc(Cl)c(Cl)cc1-c1ccccc1. The highest BCUT2D eigenvalue weighted by atomic mass is 35.5. The maximum atomic E-state index is 11.0. The van der Waals surface area contributed by atoms with Gasteiger partial charge in [0.05, 0.1) is 20.5 Å². The van der Waals surface area contributed by atoms with Crippen molar-refractivity contribution in [1.29, 1.82) is 0 Å². The normalized spacial score (nSPS) is 10.2. The Hall–Kier alpha value is -1.58. The predicted octanol–water partition coefficient (Wildman–Crippen LogP) is 4.57. The van der Waals surface area contributed by atoms with Gasteiger partial charge >= 0.3 is 0 Å². The summed E-state index contributed by atoms with van der Waals surface area (Å²) in [5, 5.41) is 11.4. The van der Waals surface area contributed by atoms with Crippen LogP contribution in [0.25, 0.3) is 11.1 Å². The highest BCUT2D eigenvalue weighted by molar-refractivity contribution is 6.42. The molecule has 0 N–H and O–H groups in total. The molecule has 0 aliphatic rings. The number of nitro groups is 1. The van der Waals surface area contributed by atoms with Gasteiger partial charge in [-0.05, 0) is 11.6 Å². The second-order valence-corrected chi connectivity index (χ2v) is 4.22. The van der Waals surface area contributed by atoms with Crippen molar-refractivity contribution in [1.82, 2.24) is 0 Å². The smallest absolute Gasteiger partial charge is 0.258 e. The van der Waals surface area contributed by atoms with Gasteiger partial charge < -0.3 is 0 Å². The molecule has 0 heterocycles. The third-order valence-electron chi connectivity index (χ3n) is 2.32. The van der Waals surface area contributed by atoms with E-state index in [0.717, 1.165) is 5.56 Å². The summed E-state index contributed by atoms with van der Waals surface area (Å²) in [4.78, 5) is 10.5. The van der Waals surface area contributed by atoms with Crippen molar-refractivity contribution >= 4 is 28.9 Å². The van der Waals surface area contributed by atoms with Crippen LogP contribution < -0.4 is 0 Å². The van der Waals surface area contributed by atoms with E-state index in [4.69, 9.17) is 23.2 Å². The van der Waals surface area contributed by atoms with Gasteiger partial charge in [-0.2, -0.15) is 0 Å². The summed E-state index contributed by atoms with van der Waals surface area (Å²) in [6.07, 6.45) is 0. The summed E-state index contributed by atoms with van der Waals surface area (Å²) >= 11 is 11.7. The Labute approximate surface area is 108 Å². The van der Waals surface area contributed by atoms with E-state index in [2.05, 4.69) is 0 Å². The summed E-state index contributed by atoms with van der Waals surface area (Å²) in [6, 6.07) is 11.8. The first kappa shape index (κ1) is 11.9. The highest BCUT2D eigenvalue weighted by Gasteiger charge is 2.17. The molecular formula is C12H7Cl2NO2. The van der Waals surface area contributed by atoms with Gasteiger partial charge in [-0.25, -0.2) is 0 Å². The van der Waals surface area contributed by atoms with Crippen molar-refractivity contribution in [3.63, 3.8) is 0 Å². The molecule has 0 aliphatic heterocycles. The quantitative estimate of drug-likeness (QED) is 0.591. The molecule has 0 fully saturated rings. The molecule has 0 amide bonds. The zero-order chi connectivity index (χ0) is 12.4. The Kier molecular flexibility index (Phi) is 3.31. The molecule has 0 atom stereocenters. The molecule has 17 heavy (non-hydrogen) atoms. The minimum absolute atomic E-state index is 0.0504. The fourth-order valence-electron chi connectivity index (χ4n) is 1.54. The molecule has 2 aromatic carbocycles. The van der Waals surface area contributed by atoms with Crippen LogP contribution in [0.1, 0.15) is 0 Å². The van der Waals surface area contributed by atoms with E-state index in [1.54, 1.807) is 12.1 Å². The summed E-state index contributed by atoms with van der Waals surface area (Å²) in [6.45, 7) is 0. The molecule has 0 aromatic heterocycles. The van der Waals surface area contributed by atoms with Crippen molar-refractivity contribution < 1.29 is 4.92 Å². The Morgan fingerprint density at radius 1 is 1.00 bits per heavy atom. The predicted molar refractivity (Wildman–Crippen MR) is 68.6 cm³/mol. The van der Waals surface area contributed by atoms with Crippen LogP contribution in [-0.4, -0.2) is 4.92 Å². The Morgan fingerprint density at radius 3 is 2.18 bits per heavy atom. The van der Waals surface area contributed by atoms with Crippen LogP contribution in [0.15, 0.2) is 42.5 Å². The van der Waals surface area contributed by atoms with E-state index in [0.29, 0.717) is 10.6 Å². The fourth-order valence-corrected chi connectivity index (χ4v) is 1.86. The standard InChI is InChI=1S/C12H7Cl2NO2/c13-10-6-9(8-4-2-1-3-5-8)12(15(16)17)7-11(10)14/h1-7H. The molecule has 0 saturated heterocycles. The average Bonchev–Trinajstić information content (AvgIpc) is 2.33. The van der Waals surface area contributed by atoms with E-state index < -0.39 is 4.92 Å². The molecule has 86 valence electrons. The first-order valence-corrected chi connectivity index (χ1v) is 5.54. The van der Waals surface area contributed by atoms with E-state index in [1.807, 2.05) is 18.2 Å². The number of benzene rings is 2. The molecule has 3 nitrogen and oxygen atoms in total. The van der Waals surface area contributed by atoms with Gasteiger partial charge in [0.2, 0.25) is 0 Å². The van der Waals surface area contributed by atoms with Gasteiger partial charge in [0, 0.05) is 6.07 Å². The second-order valence-electron chi connectivity index (χ2n) is 3.41. The molecule has 5 heteroatoms. The van der Waals surface area contributed by atoms with E-state index in [9.17, 15) is 10.1 Å². The second kappa shape index (κ2) is 4.73. The number of rotatable bonds is 2. The Bertz CT molecular complexity index is 570. The zero-order valence-corrected chi connectivity index (χ0v) is 10.1. The maximum absolute atomic E-state index is 11.0. The molecule has 0 bridgehead atoms. The largest absolute Gasteiger partial charge is 0.278 e. The molecule has 0 unspecified atom stereocenters. The molecule has 0 spiro atoms. The molecular weight excluding hydrogens is 261 g/mol. The molecule has 2 rings (SSSR count). The van der Waals surface area contributed by atoms with Gasteiger partial charge in [0.25, 0.3) is 5.69 Å². The van der Waals surface area contributed by atoms with Crippen LogP contribution >= 0.6 is 23.2 Å². The van der Waals surface area contributed by atoms with Crippen molar-refractivity contribution in [2.75, 3.05) is 0 Å². The van der Waals surface area contributed by atoms with Crippen molar-refractivity contribution in [3.05, 3.63) is 62.6 Å². The summed E-state index contributed by atoms with van der Waals surface area (Å²) in [7, 11) is 0.